The molecule has 0 amide bonds. The Morgan fingerprint density at radius 1 is 0.625 bits per heavy atom. The number of hydrogen-bond donors (Lipinski definition) is 0. The number of phosphoric acid groups is 1. The molecule has 0 radical (unpaired) electrons. The maximum absolute atomic E-state index is 12.6. The van der Waals surface area contributed by atoms with Gasteiger partial charge in [0.05, 0.1) is 27.7 Å². The molecule has 10 heteroatoms. The molecule has 0 N–H and O–H groups in total. The first kappa shape index (κ1) is 46.8. The summed E-state index contributed by atoms with van der Waals surface area (Å²) in [5, 5.41) is 0. The number of likely N-dealkylation sites (N-methyl/N-ethyl adjacent to an activating group) is 1. The van der Waals surface area contributed by atoms with E-state index in [9.17, 15) is 19.0 Å². The number of ether oxygens (including phenoxy) is 2. The molecule has 0 aliphatic heterocycles. The van der Waals surface area contributed by atoms with E-state index in [1.807, 2.05) is 21.1 Å². The summed E-state index contributed by atoms with van der Waals surface area (Å²) in [4.78, 5) is 37.3. The van der Waals surface area contributed by atoms with Crippen LogP contribution in [0.5, 0.6) is 0 Å². The summed E-state index contributed by atoms with van der Waals surface area (Å²) in [6, 6.07) is 0. The zero-order chi connectivity index (χ0) is 35.8. The maximum atomic E-state index is 12.6. The second kappa shape index (κ2) is 31.7. The molecule has 48 heavy (non-hydrogen) atoms. The first-order valence-electron chi connectivity index (χ1n) is 19.4. The van der Waals surface area contributed by atoms with Crippen LogP contribution in [0.4, 0.5) is 0 Å². The molecule has 0 saturated carbocycles. The van der Waals surface area contributed by atoms with E-state index in [0.29, 0.717) is 17.4 Å². The summed E-state index contributed by atoms with van der Waals surface area (Å²) in [7, 11) is 1.17. The number of unbranched alkanes of at least 4 members (excludes halogenated alkanes) is 19. The Morgan fingerprint density at radius 3 is 1.54 bits per heavy atom. The van der Waals surface area contributed by atoms with Gasteiger partial charge in [-0.25, -0.2) is 0 Å². The summed E-state index contributed by atoms with van der Waals surface area (Å²) in [5.41, 5.74) is 0. The largest absolute Gasteiger partial charge is 0.756 e. The quantitative estimate of drug-likeness (QED) is 0.0211. The van der Waals surface area contributed by atoms with E-state index < -0.39 is 32.5 Å². The van der Waals surface area contributed by atoms with Gasteiger partial charge in [-0.3, -0.25) is 14.2 Å². The van der Waals surface area contributed by atoms with Gasteiger partial charge in [0.15, 0.2) is 6.10 Å². The molecule has 9 nitrogen and oxygen atoms in total. The second-order valence-electron chi connectivity index (χ2n) is 14.3. The highest BCUT2D eigenvalue weighted by atomic mass is 31.2. The first-order valence-corrected chi connectivity index (χ1v) is 20.9. The highest BCUT2D eigenvalue weighted by Gasteiger charge is 2.21. The fourth-order valence-electron chi connectivity index (χ4n) is 5.18. The number of carbonyl (C=O) groups is 2. The van der Waals surface area contributed by atoms with E-state index >= 15 is 0 Å². The van der Waals surface area contributed by atoms with Crippen molar-refractivity contribution in [3.05, 3.63) is 12.2 Å². The molecule has 0 aromatic rings. The molecule has 1 unspecified atom stereocenters. The van der Waals surface area contributed by atoms with Gasteiger partial charge in [0.1, 0.15) is 19.8 Å². The number of phosphoric ester groups is 1. The molecule has 0 spiro atoms. The van der Waals surface area contributed by atoms with Crippen LogP contribution in [-0.2, 0) is 32.7 Å². The predicted octanol–water partition coefficient (Wildman–Crippen LogP) is 9.61. The minimum atomic E-state index is -4.61. The van der Waals surface area contributed by atoms with Gasteiger partial charge in [-0.2, -0.15) is 0 Å². The number of nitrogens with zero attached hydrogens (tertiary/aromatic N) is 1. The van der Waals surface area contributed by atoms with Crippen molar-refractivity contribution >= 4 is 19.8 Å². The summed E-state index contributed by atoms with van der Waals surface area (Å²) in [6.45, 7) is 4.18. The van der Waals surface area contributed by atoms with Gasteiger partial charge < -0.3 is 27.9 Å². The van der Waals surface area contributed by atoms with Crippen LogP contribution >= 0.6 is 7.82 Å². The number of rotatable bonds is 35. The van der Waals surface area contributed by atoms with Crippen LogP contribution in [0, 0.1) is 0 Å². The van der Waals surface area contributed by atoms with Crippen molar-refractivity contribution in [3.8, 4) is 0 Å². The Kier molecular flexibility index (Phi) is 30.9. The molecule has 0 rings (SSSR count). The van der Waals surface area contributed by atoms with Gasteiger partial charge in [0, 0.05) is 12.8 Å². The minimum absolute atomic E-state index is 0.0294. The minimum Gasteiger partial charge on any atom is -0.756 e. The van der Waals surface area contributed by atoms with Crippen LogP contribution in [0.2, 0.25) is 0 Å². The maximum Gasteiger partial charge on any atom is 0.306 e. The molecule has 0 aromatic heterocycles. The summed E-state index contributed by atoms with van der Waals surface area (Å²) in [5.74, 6) is -0.843. The Labute approximate surface area is 295 Å². The van der Waals surface area contributed by atoms with Crippen molar-refractivity contribution < 1.29 is 42.1 Å². The summed E-state index contributed by atoms with van der Waals surface area (Å²) < 4.78 is 33.7. The van der Waals surface area contributed by atoms with Crippen LogP contribution in [0.15, 0.2) is 12.2 Å². The molecule has 0 aliphatic rings. The zero-order valence-electron chi connectivity index (χ0n) is 31.7. The molecular formula is C38H74NO8P. The highest BCUT2D eigenvalue weighted by Crippen LogP contribution is 2.38. The Balaban J connectivity index is 4.41. The van der Waals surface area contributed by atoms with Crippen molar-refractivity contribution in [2.24, 2.45) is 0 Å². The van der Waals surface area contributed by atoms with Gasteiger partial charge in [-0.15, -0.1) is 0 Å². The van der Waals surface area contributed by atoms with Crippen LogP contribution < -0.4 is 4.89 Å². The molecule has 0 bridgehead atoms. The van der Waals surface area contributed by atoms with Crippen LogP contribution in [0.3, 0.4) is 0 Å². The number of carbonyl (C=O) groups excluding carboxylic acids is 2. The van der Waals surface area contributed by atoms with Crippen molar-refractivity contribution in [3.63, 3.8) is 0 Å². The lowest BCUT2D eigenvalue weighted by Gasteiger charge is -2.28. The standard InChI is InChI=1S/C38H74NO8P/c1-6-8-10-12-14-16-18-19-20-21-23-24-26-28-30-37(40)44-34-36(35-46-48(42,43)45-33-32-39(3,4)5)47-38(41)31-29-27-25-22-17-15-13-11-9-7-2/h18-19,36H,6-17,20-35H2,1-5H3/b19-18+/t36-/m0/s1. The van der Waals surface area contributed by atoms with Crippen LogP contribution in [0.1, 0.15) is 168 Å². The highest BCUT2D eigenvalue weighted by molar-refractivity contribution is 7.45. The molecular weight excluding hydrogens is 629 g/mol. The van der Waals surface area contributed by atoms with Crippen molar-refractivity contribution in [2.75, 3.05) is 47.5 Å². The van der Waals surface area contributed by atoms with Crippen molar-refractivity contribution in [1.29, 1.82) is 0 Å². The van der Waals surface area contributed by atoms with E-state index in [4.69, 9.17) is 18.5 Å². The number of quaternary nitrogens is 1. The summed E-state index contributed by atoms with van der Waals surface area (Å²) in [6.07, 6.45) is 29.5. The zero-order valence-corrected chi connectivity index (χ0v) is 32.6. The van der Waals surface area contributed by atoms with Crippen molar-refractivity contribution in [1.82, 2.24) is 0 Å². The lowest BCUT2D eigenvalue weighted by Crippen LogP contribution is -2.37. The Morgan fingerprint density at radius 2 is 1.06 bits per heavy atom. The lowest BCUT2D eigenvalue weighted by atomic mass is 10.1. The van der Waals surface area contributed by atoms with E-state index in [1.54, 1.807) is 0 Å². The van der Waals surface area contributed by atoms with Gasteiger partial charge >= 0.3 is 11.9 Å². The molecule has 0 saturated heterocycles. The van der Waals surface area contributed by atoms with E-state index in [2.05, 4.69) is 26.0 Å². The molecule has 0 fully saturated rings. The van der Waals surface area contributed by atoms with Crippen LogP contribution in [0.25, 0.3) is 0 Å². The fraction of sp³-hybridized carbons (Fsp3) is 0.895. The van der Waals surface area contributed by atoms with E-state index in [1.165, 1.54) is 77.0 Å². The lowest BCUT2D eigenvalue weighted by molar-refractivity contribution is -0.870. The monoisotopic (exact) mass is 704 g/mol. The molecule has 0 aliphatic carbocycles. The van der Waals surface area contributed by atoms with Crippen molar-refractivity contribution in [2.45, 2.75) is 174 Å². The Bertz CT molecular complexity index is 845. The van der Waals surface area contributed by atoms with E-state index in [0.717, 1.165) is 57.8 Å². The average Bonchev–Trinajstić information content (AvgIpc) is 3.02. The van der Waals surface area contributed by atoms with Gasteiger partial charge in [-0.1, -0.05) is 129 Å². The van der Waals surface area contributed by atoms with E-state index in [-0.39, 0.29) is 26.1 Å². The second-order valence-corrected chi connectivity index (χ2v) is 15.7. The first-order chi connectivity index (χ1) is 23.0. The smallest absolute Gasteiger partial charge is 0.306 e. The van der Waals surface area contributed by atoms with Gasteiger partial charge in [0.2, 0.25) is 0 Å². The molecule has 0 heterocycles. The number of hydrogen-bond acceptors (Lipinski definition) is 8. The molecule has 2 atom stereocenters. The third kappa shape index (κ3) is 34.6. The molecule has 0 aromatic carbocycles. The molecule has 284 valence electrons. The third-order valence-corrected chi connectivity index (χ3v) is 9.25. The SMILES string of the molecule is CCCCCCC/C=C/CCCCCCCC(=O)OC[C@@H](COP(=O)([O-])OCC[N+](C)(C)C)OC(=O)CCCCCCCCCCCC. The normalized spacial score (nSPS) is 13.9. The topological polar surface area (TPSA) is 111 Å². The number of allylic oxidation sites excluding steroid dienone is 2. The fourth-order valence-corrected chi connectivity index (χ4v) is 5.91. The van der Waals surface area contributed by atoms with Crippen LogP contribution in [-0.4, -0.2) is 70.0 Å². The third-order valence-electron chi connectivity index (χ3n) is 8.29. The average molecular weight is 704 g/mol. The summed E-state index contributed by atoms with van der Waals surface area (Å²) >= 11 is 0. The Hall–Kier alpha value is -1.25. The number of esters is 2. The predicted molar refractivity (Wildman–Crippen MR) is 195 cm³/mol. The van der Waals surface area contributed by atoms with Gasteiger partial charge in [-0.05, 0) is 38.5 Å². The van der Waals surface area contributed by atoms with Gasteiger partial charge in [0.25, 0.3) is 7.82 Å².